The summed E-state index contributed by atoms with van der Waals surface area (Å²) in [6.45, 7) is 4.85. The van der Waals surface area contributed by atoms with Crippen LogP contribution in [0.1, 0.15) is 16.7 Å². The smallest absolute Gasteiger partial charge is 0.326 e. The van der Waals surface area contributed by atoms with E-state index in [0.717, 1.165) is 6.42 Å². The summed E-state index contributed by atoms with van der Waals surface area (Å²) in [5.74, 6) is 0. The van der Waals surface area contributed by atoms with Gasteiger partial charge in [-0.2, -0.15) is 0 Å². The molecule has 0 atom stereocenters. The molecular formula is C11H17N3O. The lowest BCUT2D eigenvalue weighted by molar-refractivity contribution is 0.245. The third kappa shape index (κ3) is 3.59. The van der Waals surface area contributed by atoms with E-state index in [1.807, 2.05) is 6.07 Å². The van der Waals surface area contributed by atoms with E-state index < -0.39 is 6.03 Å². The Morgan fingerprint density at radius 3 is 2.47 bits per heavy atom. The van der Waals surface area contributed by atoms with Gasteiger partial charge in [0, 0.05) is 6.54 Å². The summed E-state index contributed by atoms with van der Waals surface area (Å²) in [6, 6.07) is 5.66. The van der Waals surface area contributed by atoms with Gasteiger partial charge in [0.2, 0.25) is 0 Å². The topological polar surface area (TPSA) is 67.2 Å². The molecule has 1 aromatic rings. The van der Waals surface area contributed by atoms with Crippen molar-refractivity contribution < 1.29 is 4.79 Å². The molecule has 2 amide bonds. The fraction of sp³-hybridized carbons (Fsp3) is 0.364. The minimum absolute atomic E-state index is 0.559. The van der Waals surface area contributed by atoms with Gasteiger partial charge >= 0.3 is 6.03 Å². The van der Waals surface area contributed by atoms with Crippen LogP contribution in [0.15, 0.2) is 18.2 Å². The highest BCUT2D eigenvalue weighted by Crippen LogP contribution is 2.12. The van der Waals surface area contributed by atoms with Crippen LogP contribution in [0.2, 0.25) is 0 Å². The second-order valence-corrected chi connectivity index (χ2v) is 3.54. The van der Waals surface area contributed by atoms with Gasteiger partial charge in [-0.3, -0.25) is 5.43 Å². The lowest BCUT2D eigenvalue weighted by Crippen LogP contribution is -2.41. The van der Waals surface area contributed by atoms with E-state index in [2.05, 4.69) is 36.8 Å². The van der Waals surface area contributed by atoms with Crippen molar-refractivity contribution in [3.05, 3.63) is 34.9 Å². The number of benzene rings is 1. The van der Waals surface area contributed by atoms with Crippen LogP contribution in [0.25, 0.3) is 0 Å². The zero-order valence-corrected chi connectivity index (χ0v) is 9.13. The van der Waals surface area contributed by atoms with E-state index in [1.54, 1.807) is 0 Å². The average Bonchev–Trinajstić information content (AvgIpc) is 2.15. The Kier molecular flexibility index (Phi) is 4.12. The number of aryl methyl sites for hydroxylation is 2. The van der Waals surface area contributed by atoms with E-state index in [4.69, 9.17) is 5.73 Å². The van der Waals surface area contributed by atoms with Crippen LogP contribution in [0, 0.1) is 13.8 Å². The van der Waals surface area contributed by atoms with Crippen LogP contribution in [-0.4, -0.2) is 12.6 Å². The number of nitrogens with two attached hydrogens (primary N) is 1. The van der Waals surface area contributed by atoms with Crippen molar-refractivity contribution in [1.82, 2.24) is 10.9 Å². The first-order valence-corrected chi connectivity index (χ1v) is 4.94. The van der Waals surface area contributed by atoms with Gasteiger partial charge in [0.05, 0.1) is 0 Å². The zero-order chi connectivity index (χ0) is 11.3. The Hall–Kier alpha value is -1.55. The normalized spacial score (nSPS) is 10.0. The summed E-state index contributed by atoms with van der Waals surface area (Å²) < 4.78 is 0. The van der Waals surface area contributed by atoms with Gasteiger partial charge in [-0.1, -0.05) is 18.2 Å². The minimum Gasteiger partial charge on any atom is -0.351 e. The molecule has 0 spiro atoms. The number of carbonyl (C=O) groups excluding carboxylic acids is 1. The Labute approximate surface area is 89.8 Å². The van der Waals surface area contributed by atoms with Crippen LogP contribution in [0.4, 0.5) is 4.79 Å². The summed E-state index contributed by atoms with van der Waals surface area (Å²) in [5.41, 5.74) is 13.9. The minimum atomic E-state index is -0.559. The molecule has 0 aliphatic heterocycles. The zero-order valence-electron chi connectivity index (χ0n) is 9.13. The second kappa shape index (κ2) is 5.36. The number of hydrazine groups is 1. The monoisotopic (exact) mass is 207 g/mol. The lowest BCUT2D eigenvalue weighted by atomic mass is 10.0. The molecule has 0 unspecified atom stereocenters. The van der Waals surface area contributed by atoms with E-state index in [-0.39, 0.29) is 0 Å². The maximum atomic E-state index is 10.4. The van der Waals surface area contributed by atoms with Crippen molar-refractivity contribution in [2.75, 3.05) is 6.54 Å². The van der Waals surface area contributed by atoms with Crippen LogP contribution in [-0.2, 0) is 6.42 Å². The molecule has 0 aliphatic rings. The number of hydrogen-bond acceptors (Lipinski definition) is 2. The second-order valence-electron chi connectivity index (χ2n) is 3.54. The number of carbonyl (C=O) groups is 1. The molecular weight excluding hydrogens is 190 g/mol. The highest BCUT2D eigenvalue weighted by molar-refractivity contribution is 5.70. The first kappa shape index (κ1) is 11.5. The predicted molar refractivity (Wildman–Crippen MR) is 60.3 cm³/mol. The fourth-order valence-electron chi connectivity index (χ4n) is 1.58. The van der Waals surface area contributed by atoms with Crippen molar-refractivity contribution in [1.29, 1.82) is 0 Å². The van der Waals surface area contributed by atoms with Crippen molar-refractivity contribution in [2.45, 2.75) is 20.3 Å². The predicted octanol–water partition coefficient (Wildman–Crippen LogP) is 1.02. The van der Waals surface area contributed by atoms with Crippen molar-refractivity contribution in [3.63, 3.8) is 0 Å². The SMILES string of the molecule is Cc1cccc(C)c1CCNNC(N)=O. The molecule has 0 aliphatic carbocycles. The van der Waals surface area contributed by atoms with E-state index in [9.17, 15) is 4.79 Å². The molecule has 0 heterocycles. The highest BCUT2D eigenvalue weighted by Gasteiger charge is 2.01. The molecule has 0 saturated carbocycles. The Bertz CT molecular complexity index is 329. The number of nitrogens with one attached hydrogen (secondary N) is 2. The molecule has 0 fully saturated rings. The fourth-order valence-corrected chi connectivity index (χ4v) is 1.58. The molecule has 1 aromatic carbocycles. The van der Waals surface area contributed by atoms with Gasteiger partial charge in [0.15, 0.2) is 0 Å². The summed E-state index contributed by atoms with van der Waals surface area (Å²) >= 11 is 0. The number of urea groups is 1. The van der Waals surface area contributed by atoms with E-state index in [0.29, 0.717) is 6.54 Å². The number of hydrogen-bond donors (Lipinski definition) is 3. The molecule has 0 radical (unpaired) electrons. The lowest BCUT2D eigenvalue weighted by Gasteiger charge is -2.10. The highest BCUT2D eigenvalue weighted by atomic mass is 16.2. The van der Waals surface area contributed by atoms with Crippen LogP contribution < -0.4 is 16.6 Å². The summed E-state index contributed by atoms with van der Waals surface area (Å²) in [4.78, 5) is 10.4. The standard InChI is InChI=1S/C11H17N3O/c1-8-4-3-5-9(2)10(8)6-7-13-14-11(12)15/h3-5,13H,6-7H2,1-2H3,(H3,12,14,15). The van der Waals surface area contributed by atoms with E-state index >= 15 is 0 Å². The Morgan fingerprint density at radius 2 is 1.93 bits per heavy atom. The van der Waals surface area contributed by atoms with Gasteiger partial charge in [0.1, 0.15) is 0 Å². The van der Waals surface area contributed by atoms with Gasteiger partial charge in [-0.25, -0.2) is 10.2 Å². The third-order valence-corrected chi connectivity index (χ3v) is 2.36. The van der Waals surface area contributed by atoms with Gasteiger partial charge in [-0.15, -0.1) is 0 Å². The van der Waals surface area contributed by atoms with Gasteiger partial charge < -0.3 is 5.73 Å². The quantitative estimate of drug-likeness (QED) is 0.509. The van der Waals surface area contributed by atoms with Crippen LogP contribution >= 0.6 is 0 Å². The first-order chi connectivity index (χ1) is 7.11. The number of amides is 2. The maximum Gasteiger partial charge on any atom is 0.326 e. The maximum absolute atomic E-state index is 10.4. The van der Waals surface area contributed by atoms with Crippen LogP contribution in [0.3, 0.4) is 0 Å². The molecule has 15 heavy (non-hydrogen) atoms. The molecule has 1 rings (SSSR count). The summed E-state index contributed by atoms with van der Waals surface area (Å²) in [7, 11) is 0. The Morgan fingerprint density at radius 1 is 1.33 bits per heavy atom. The Balaban J connectivity index is 2.47. The van der Waals surface area contributed by atoms with Crippen molar-refractivity contribution >= 4 is 6.03 Å². The van der Waals surface area contributed by atoms with Gasteiger partial charge in [0.25, 0.3) is 0 Å². The molecule has 0 saturated heterocycles. The van der Waals surface area contributed by atoms with Crippen LogP contribution in [0.5, 0.6) is 0 Å². The van der Waals surface area contributed by atoms with E-state index in [1.165, 1.54) is 16.7 Å². The third-order valence-electron chi connectivity index (χ3n) is 2.36. The molecule has 0 aromatic heterocycles. The van der Waals surface area contributed by atoms with Gasteiger partial charge in [-0.05, 0) is 37.0 Å². The van der Waals surface area contributed by atoms with Crippen molar-refractivity contribution in [3.8, 4) is 0 Å². The number of primary amides is 1. The molecule has 82 valence electrons. The molecule has 4 nitrogen and oxygen atoms in total. The summed E-state index contributed by atoms with van der Waals surface area (Å²) in [6.07, 6.45) is 0.874. The molecule has 0 bridgehead atoms. The first-order valence-electron chi connectivity index (χ1n) is 4.94. The molecule has 4 heteroatoms. The largest absolute Gasteiger partial charge is 0.351 e. The average molecular weight is 207 g/mol. The van der Waals surface area contributed by atoms with Crippen molar-refractivity contribution in [2.24, 2.45) is 5.73 Å². The number of rotatable bonds is 4. The molecule has 4 N–H and O–H groups in total. The summed E-state index contributed by atoms with van der Waals surface area (Å²) in [5, 5.41) is 0.